The van der Waals surface area contributed by atoms with E-state index in [1.807, 2.05) is 30.3 Å². The van der Waals surface area contributed by atoms with E-state index in [1.54, 1.807) is 0 Å². The summed E-state index contributed by atoms with van der Waals surface area (Å²) in [7, 11) is -3.99. The lowest BCUT2D eigenvalue weighted by Crippen LogP contribution is -2.16. The number of phosphoric acid groups is 1. The number of rotatable bonds is 3. The van der Waals surface area contributed by atoms with Crippen molar-refractivity contribution >= 4 is 7.82 Å². The standard InChI is InChI=1S/C13H19O5P/c14-19(15)17-10-6-2-5-9-13(18-19)16-11-12-7-3-1-4-8-12/h1,3-4,7-8,13H,2,5-6,9-11H2,(H,14,15). The normalized spacial score (nSPS) is 29.2. The maximum atomic E-state index is 11.6. The molecule has 19 heavy (non-hydrogen) atoms. The van der Waals surface area contributed by atoms with Gasteiger partial charge in [-0.25, -0.2) is 4.57 Å². The van der Waals surface area contributed by atoms with Gasteiger partial charge in [-0.3, -0.25) is 9.05 Å². The summed E-state index contributed by atoms with van der Waals surface area (Å²) in [5.41, 5.74) is 1.000. The molecule has 0 aromatic heterocycles. The summed E-state index contributed by atoms with van der Waals surface area (Å²) in [6.45, 7) is 0.602. The van der Waals surface area contributed by atoms with Crippen molar-refractivity contribution in [3.05, 3.63) is 35.9 Å². The van der Waals surface area contributed by atoms with Gasteiger partial charge in [0.15, 0.2) is 6.29 Å². The molecule has 0 spiro atoms. The summed E-state index contributed by atoms with van der Waals surface area (Å²) < 4.78 is 27.1. The van der Waals surface area contributed by atoms with Crippen LogP contribution in [0.15, 0.2) is 30.3 Å². The van der Waals surface area contributed by atoms with Gasteiger partial charge in [0.25, 0.3) is 0 Å². The van der Waals surface area contributed by atoms with Crippen LogP contribution in [0.1, 0.15) is 31.2 Å². The van der Waals surface area contributed by atoms with Crippen LogP contribution in [0.5, 0.6) is 0 Å². The average molecular weight is 286 g/mol. The Bertz CT molecular complexity index is 422. The maximum absolute atomic E-state index is 11.6. The monoisotopic (exact) mass is 286 g/mol. The molecule has 106 valence electrons. The van der Waals surface area contributed by atoms with E-state index in [1.165, 1.54) is 0 Å². The Balaban J connectivity index is 1.90. The maximum Gasteiger partial charge on any atom is 0.474 e. The fraction of sp³-hybridized carbons (Fsp3) is 0.538. The van der Waals surface area contributed by atoms with E-state index in [0.717, 1.165) is 24.8 Å². The van der Waals surface area contributed by atoms with Crippen molar-refractivity contribution in [1.29, 1.82) is 0 Å². The summed E-state index contributed by atoms with van der Waals surface area (Å²) in [5.74, 6) is 0. The molecule has 1 aromatic carbocycles. The SMILES string of the molecule is O=P1(O)OCCCCCC(OCc2ccccc2)O1. The first-order valence-corrected chi connectivity index (χ1v) is 7.96. The van der Waals surface area contributed by atoms with E-state index in [0.29, 0.717) is 13.0 Å². The lowest BCUT2D eigenvalue weighted by molar-refractivity contribution is -0.106. The molecule has 1 N–H and O–H groups in total. The van der Waals surface area contributed by atoms with E-state index in [2.05, 4.69) is 0 Å². The Morgan fingerprint density at radius 2 is 2.05 bits per heavy atom. The highest BCUT2D eigenvalue weighted by Crippen LogP contribution is 2.46. The van der Waals surface area contributed by atoms with Gasteiger partial charge in [-0.15, -0.1) is 0 Å². The van der Waals surface area contributed by atoms with Crippen molar-refractivity contribution in [2.75, 3.05) is 6.61 Å². The fourth-order valence-electron chi connectivity index (χ4n) is 1.88. The zero-order valence-electron chi connectivity index (χ0n) is 10.7. The molecule has 5 nitrogen and oxygen atoms in total. The van der Waals surface area contributed by atoms with Crippen LogP contribution in [-0.2, 0) is 25.0 Å². The van der Waals surface area contributed by atoms with Gasteiger partial charge in [0.05, 0.1) is 13.2 Å². The lowest BCUT2D eigenvalue weighted by atomic mass is 10.2. The Labute approximate surface area is 113 Å². The molecule has 6 heteroatoms. The largest absolute Gasteiger partial charge is 0.474 e. The average Bonchev–Trinajstić information content (AvgIpc) is 2.48. The topological polar surface area (TPSA) is 65.0 Å². The minimum absolute atomic E-state index is 0.249. The zero-order valence-corrected chi connectivity index (χ0v) is 11.6. The number of phosphoric ester groups is 1. The summed E-state index contributed by atoms with van der Waals surface area (Å²) in [6.07, 6.45) is 2.49. The van der Waals surface area contributed by atoms with E-state index in [4.69, 9.17) is 13.8 Å². The molecule has 1 saturated heterocycles. The fourth-order valence-corrected chi connectivity index (χ4v) is 2.76. The second-order valence-electron chi connectivity index (χ2n) is 4.48. The Hall–Kier alpha value is -0.710. The summed E-state index contributed by atoms with van der Waals surface area (Å²) in [6, 6.07) is 9.63. The first-order chi connectivity index (χ1) is 9.16. The van der Waals surface area contributed by atoms with Crippen molar-refractivity contribution < 1.29 is 23.2 Å². The van der Waals surface area contributed by atoms with Crippen LogP contribution in [0.3, 0.4) is 0 Å². The first-order valence-electron chi connectivity index (χ1n) is 6.47. The Morgan fingerprint density at radius 3 is 2.84 bits per heavy atom. The molecule has 0 saturated carbocycles. The molecular weight excluding hydrogens is 267 g/mol. The summed E-state index contributed by atoms with van der Waals surface area (Å²) in [5, 5.41) is 0. The molecule has 2 unspecified atom stereocenters. The Kier molecular flexibility index (Phi) is 5.55. The van der Waals surface area contributed by atoms with Crippen LogP contribution >= 0.6 is 7.82 Å². The van der Waals surface area contributed by atoms with Gasteiger partial charge in [-0.2, -0.15) is 0 Å². The number of hydrogen-bond donors (Lipinski definition) is 1. The lowest BCUT2D eigenvalue weighted by Gasteiger charge is -2.19. The summed E-state index contributed by atoms with van der Waals surface area (Å²) in [4.78, 5) is 9.50. The predicted octanol–water partition coefficient (Wildman–Crippen LogP) is 3.24. The van der Waals surface area contributed by atoms with Crippen LogP contribution < -0.4 is 0 Å². The van der Waals surface area contributed by atoms with Crippen LogP contribution in [0.2, 0.25) is 0 Å². The minimum atomic E-state index is -3.99. The van der Waals surface area contributed by atoms with Crippen molar-refractivity contribution in [1.82, 2.24) is 0 Å². The second-order valence-corrected chi connectivity index (χ2v) is 5.89. The molecule has 1 aliphatic rings. The molecule has 0 amide bonds. The van der Waals surface area contributed by atoms with Crippen molar-refractivity contribution in [2.24, 2.45) is 0 Å². The molecule has 2 atom stereocenters. The summed E-state index contributed by atoms with van der Waals surface area (Å²) >= 11 is 0. The van der Waals surface area contributed by atoms with Crippen LogP contribution in [-0.4, -0.2) is 17.8 Å². The second kappa shape index (κ2) is 7.17. The van der Waals surface area contributed by atoms with E-state index < -0.39 is 14.1 Å². The van der Waals surface area contributed by atoms with Gasteiger partial charge in [0, 0.05) is 0 Å². The molecule has 0 bridgehead atoms. The Morgan fingerprint density at radius 1 is 1.26 bits per heavy atom. The van der Waals surface area contributed by atoms with E-state index >= 15 is 0 Å². The molecule has 1 fully saturated rings. The molecule has 1 aromatic rings. The van der Waals surface area contributed by atoms with Crippen LogP contribution in [0.25, 0.3) is 0 Å². The predicted molar refractivity (Wildman–Crippen MR) is 70.3 cm³/mol. The highest BCUT2D eigenvalue weighted by atomic mass is 31.2. The number of benzene rings is 1. The molecule has 1 heterocycles. The highest BCUT2D eigenvalue weighted by Gasteiger charge is 2.28. The number of ether oxygens (including phenoxy) is 1. The van der Waals surface area contributed by atoms with Gasteiger partial charge in [-0.1, -0.05) is 36.8 Å². The quantitative estimate of drug-likeness (QED) is 0.864. The van der Waals surface area contributed by atoms with Gasteiger partial charge in [0.2, 0.25) is 0 Å². The van der Waals surface area contributed by atoms with Crippen molar-refractivity contribution in [3.8, 4) is 0 Å². The first kappa shape index (κ1) is 14.7. The smallest absolute Gasteiger partial charge is 0.347 e. The van der Waals surface area contributed by atoms with Crippen molar-refractivity contribution in [3.63, 3.8) is 0 Å². The van der Waals surface area contributed by atoms with E-state index in [-0.39, 0.29) is 6.61 Å². The van der Waals surface area contributed by atoms with Crippen LogP contribution in [0.4, 0.5) is 0 Å². The highest BCUT2D eigenvalue weighted by molar-refractivity contribution is 7.47. The molecule has 0 radical (unpaired) electrons. The van der Waals surface area contributed by atoms with E-state index in [9.17, 15) is 9.46 Å². The molecular formula is C13H19O5P. The zero-order chi connectivity index (χ0) is 13.6. The van der Waals surface area contributed by atoms with Gasteiger partial charge >= 0.3 is 7.82 Å². The van der Waals surface area contributed by atoms with Gasteiger partial charge < -0.3 is 9.63 Å². The third-order valence-corrected chi connectivity index (χ3v) is 3.88. The van der Waals surface area contributed by atoms with Gasteiger partial charge in [0.1, 0.15) is 0 Å². The molecule has 0 aliphatic carbocycles. The van der Waals surface area contributed by atoms with Gasteiger partial charge in [-0.05, 0) is 24.8 Å². The van der Waals surface area contributed by atoms with Crippen LogP contribution in [0, 0.1) is 0 Å². The van der Waals surface area contributed by atoms with Crippen molar-refractivity contribution in [2.45, 2.75) is 38.6 Å². The number of hydrogen-bond acceptors (Lipinski definition) is 4. The minimum Gasteiger partial charge on any atom is -0.347 e. The third kappa shape index (κ3) is 5.43. The molecule has 1 aliphatic heterocycles. The molecule has 2 rings (SSSR count). The third-order valence-electron chi connectivity index (χ3n) is 2.87.